The van der Waals surface area contributed by atoms with E-state index in [4.69, 9.17) is 5.73 Å². The monoisotopic (exact) mass is 296 g/mol. The van der Waals surface area contributed by atoms with E-state index in [1.165, 1.54) is 4.31 Å². The lowest BCUT2D eigenvalue weighted by Gasteiger charge is -2.15. The lowest BCUT2D eigenvalue weighted by molar-refractivity contribution is 0.472. The second-order valence-electron chi connectivity index (χ2n) is 4.05. The van der Waals surface area contributed by atoms with Gasteiger partial charge in [-0.25, -0.2) is 12.7 Å². The van der Waals surface area contributed by atoms with Crippen molar-refractivity contribution < 1.29 is 8.42 Å². The molecule has 7 heteroatoms. The second-order valence-corrected chi connectivity index (χ2v) is 7.17. The van der Waals surface area contributed by atoms with Crippen LogP contribution in [0.2, 0.25) is 0 Å². The summed E-state index contributed by atoms with van der Waals surface area (Å²) in [5, 5.41) is 1.97. The summed E-state index contributed by atoms with van der Waals surface area (Å²) in [6.07, 6.45) is 1.38. The molecule has 0 spiro atoms. The Bertz CT molecular complexity index is 433. The van der Waals surface area contributed by atoms with Crippen LogP contribution in [0.1, 0.15) is 11.3 Å². The van der Waals surface area contributed by atoms with Crippen LogP contribution < -0.4 is 5.73 Å². The number of thiophene rings is 1. The van der Waals surface area contributed by atoms with Gasteiger partial charge in [-0.15, -0.1) is 23.7 Å². The fraction of sp³-hybridized carbons (Fsp3) is 0.600. The molecule has 1 aliphatic heterocycles. The fourth-order valence-corrected chi connectivity index (χ4v) is 4.20. The van der Waals surface area contributed by atoms with Crippen molar-refractivity contribution in [2.24, 2.45) is 5.73 Å². The smallest absolute Gasteiger partial charge is 0.214 e. The third-order valence-corrected chi connectivity index (χ3v) is 5.54. The maximum Gasteiger partial charge on any atom is 0.214 e. The van der Waals surface area contributed by atoms with Crippen molar-refractivity contribution in [3.63, 3.8) is 0 Å². The SMILES string of the molecule is Cl.N[C@H]1CCN(S(=O)(=O)CCc2cccs2)C1. The van der Waals surface area contributed by atoms with Crippen molar-refractivity contribution in [1.82, 2.24) is 4.31 Å². The molecule has 17 heavy (non-hydrogen) atoms. The summed E-state index contributed by atoms with van der Waals surface area (Å²) in [6.45, 7) is 1.06. The van der Waals surface area contributed by atoms with E-state index in [0.717, 1.165) is 11.3 Å². The number of nitrogens with zero attached hydrogens (tertiary/aromatic N) is 1. The number of aryl methyl sites for hydroxylation is 1. The summed E-state index contributed by atoms with van der Waals surface area (Å²) in [4.78, 5) is 1.12. The van der Waals surface area contributed by atoms with Crippen LogP contribution in [0.4, 0.5) is 0 Å². The van der Waals surface area contributed by atoms with Gasteiger partial charge >= 0.3 is 0 Å². The molecule has 0 bridgehead atoms. The summed E-state index contributed by atoms with van der Waals surface area (Å²) < 4.78 is 25.4. The van der Waals surface area contributed by atoms with Crippen LogP contribution >= 0.6 is 23.7 Å². The van der Waals surface area contributed by atoms with E-state index in [0.29, 0.717) is 19.5 Å². The van der Waals surface area contributed by atoms with Gasteiger partial charge in [0, 0.05) is 24.0 Å². The summed E-state index contributed by atoms with van der Waals surface area (Å²) in [5.41, 5.74) is 5.71. The van der Waals surface area contributed by atoms with E-state index in [2.05, 4.69) is 0 Å². The van der Waals surface area contributed by atoms with Crippen LogP contribution in [-0.2, 0) is 16.4 Å². The number of nitrogens with two attached hydrogens (primary N) is 1. The van der Waals surface area contributed by atoms with Crippen molar-refractivity contribution in [3.05, 3.63) is 22.4 Å². The van der Waals surface area contributed by atoms with Crippen LogP contribution in [0.3, 0.4) is 0 Å². The Balaban J connectivity index is 0.00000144. The average molecular weight is 297 g/mol. The maximum absolute atomic E-state index is 11.9. The zero-order valence-corrected chi connectivity index (χ0v) is 11.9. The van der Waals surface area contributed by atoms with E-state index in [1.54, 1.807) is 11.3 Å². The molecule has 1 aromatic heterocycles. The summed E-state index contributed by atoms with van der Waals surface area (Å²) >= 11 is 1.60. The quantitative estimate of drug-likeness (QED) is 0.904. The summed E-state index contributed by atoms with van der Waals surface area (Å²) in [5.74, 6) is 0.195. The molecule has 1 atom stereocenters. The first-order chi connectivity index (χ1) is 7.58. The highest BCUT2D eigenvalue weighted by Gasteiger charge is 2.29. The topological polar surface area (TPSA) is 63.4 Å². The molecule has 2 N–H and O–H groups in total. The van der Waals surface area contributed by atoms with Gasteiger partial charge in [-0.3, -0.25) is 0 Å². The van der Waals surface area contributed by atoms with Crippen molar-refractivity contribution >= 4 is 33.8 Å². The maximum atomic E-state index is 11.9. The molecule has 1 aromatic rings. The number of sulfonamides is 1. The summed E-state index contributed by atoms with van der Waals surface area (Å²) in [7, 11) is -3.11. The Hall–Kier alpha value is -0.140. The first-order valence-electron chi connectivity index (χ1n) is 5.34. The van der Waals surface area contributed by atoms with Gasteiger partial charge < -0.3 is 5.73 Å². The minimum Gasteiger partial charge on any atom is -0.326 e. The fourth-order valence-electron chi connectivity index (χ4n) is 1.82. The molecule has 2 rings (SSSR count). The van der Waals surface area contributed by atoms with E-state index in [9.17, 15) is 8.42 Å². The van der Waals surface area contributed by atoms with E-state index >= 15 is 0 Å². The minimum atomic E-state index is -3.11. The summed E-state index contributed by atoms with van der Waals surface area (Å²) in [6, 6.07) is 3.92. The van der Waals surface area contributed by atoms with Crippen LogP contribution in [0, 0.1) is 0 Å². The van der Waals surface area contributed by atoms with Gasteiger partial charge in [0.25, 0.3) is 0 Å². The zero-order chi connectivity index (χ0) is 11.6. The average Bonchev–Trinajstić information content (AvgIpc) is 2.85. The molecule has 4 nitrogen and oxygen atoms in total. The van der Waals surface area contributed by atoms with E-state index in [-0.39, 0.29) is 24.2 Å². The third kappa shape index (κ3) is 3.93. The van der Waals surface area contributed by atoms with Crippen molar-refractivity contribution in [2.75, 3.05) is 18.8 Å². The molecule has 1 fully saturated rings. The highest BCUT2D eigenvalue weighted by molar-refractivity contribution is 7.89. The molecule has 0 aromatic carbocycles. The van der Waals surface area contributed by atoms with E-state index in [1.807, 2.05) is 17.5 Å². The van der Waals surface area contributed by atoms with Gasteiger partial charge in [0.2, 0.25) is 10.0 Å². The molecule has 2 heterocycles. The molecular formula is C10H17ClN2O2S2. The lowest BCUT2D eigenvalue weighted by Crippen LogP contribution is -2.34. The predicted molar refractivity (Wildman–Crippen MR) is 73.2 cm³/mol. The Morgan fingerprint density at radius 1 is 1.53 bits per heavy atom. The lowest BCUT2D eigenvalue weighted by atomic mass is 10.3. The molecule has 0 amide bonds. The van der Waals surface area contributed by atoms with Crippen molar-refractivity contribution in [3.8, 4) is 0 Å². The van der Waals surface area contributed by atoms with Gasteiger partial charge in [-0.1, -0.05) is 6.07 Å². The molecule has 0 radical (unpaired) electrons. The standard InChI is InChI=1S/C10H16N2O2S2.ClH/c11-9-3-5-12(8-9)16(13,14)7-4-10-2-1-6-15-10;/h1-2,6,9H,3-5,7-8,11H2;1H/t9-;/m0./s1. The molecule has 1 saturated heterocycles. The number of rotatable bonds is 4. The Morgan fingerprint density at radius 3 is 2.82 bits per heavy atom. The molecule has 0 unspecified atom stereocenters. The second kappa shape index (κ2) is 6.15. The molecule has 0 saturated carbocycles. The van der Waals surface area contributed by atoms with Crippen molar-refractivity contribution in [1.29, 1.82) is 0 Å². The van der Waals surface area contributed by atoms with Gasteiger partial charge in [0.05, 0.1) is 5.75 Å². The van der Waals surface area contributed by atoms with Crippen molar-refractivity contribution in [2.45, 2.75) is 18.9 Å². The Morgan fingerprint density at radius 2 is 2.29 bits per heavy atom. The Labute approximate surface area is 112 Å². The molecular weight excluding hydrogens is 280 g/mol. The number of hydrogen-bond acceptors (Lipinski definition) is 4. The number of hydrogen-bond donors (Lipinski definition) is 1. The van der Waals surface area contributed by atoms with Crippen LogP contribution in [0.15, 0.2) is 17.5 Å². The molecule has 0 aliphatic carbocycles. The molecule has 1 aliphatic rings. The zero-order valence-electron chi connectivity index (χ0n) is 9.41. The van der Waals surface area contributed by atoms with Gasteiger partial charge in [0.1, 0.15) is 0 Å². The van der Waals surface area contributed by atoms with Gasteiger partial charge in [-0.2, -0.15) is 0 Å². The molecule has 98 valence electrons. The third-order valence-electron chi connectivity index (χ3n) is 2.77. The van der Waals surface area contributed by atoms with Crippen LogP contribution in [0.5, 0.6) is 0 Å². The first-order valence-corrected chi connectivity index (χ1v) is 7.82. The largest absolute Gasteiger partial charge is 0.326 e. The highest BCUT2D eigenvalue weighted by atomic mass is 35.5. The van der Waals surface area contributed by atoms with Gasteiger partial charge in [0.15, 0.2) is 0 Å². The van der Waals surface area contributed by atoms with Crippen LogP contribution in [-0.4, -0.2) is 37.6 Å². The van der Waals surface area contributed by atoms with E-state index < -0.39 is 10.0 Å². The highest BCUT2D eigenvalue weighted by Crippen LogP contribution is 2.15. The first kappa shape index (κ1) is 14.9. The Kier molecular flexibility index (Phi) is 5.40. The van der Waals surface area contributed by atoms with Crippen LogP contribution in [0.25, 0.3) is 0 Å². The minimum absolute atomic E-state index is 0. The van der Waals surface area contributed by atoms with Gasteiger partial charge in [-0.05, 0) is 24.3 Å². The predicted octanol–water partition coefficient (Wildman–Crippen LogP) is 1.08. The normalized spacial score (nSPS) is 21.4. The number of halogens is 1.